The minimum absolute atomic E-state index is 0.0528. The second-order valence-electron chi connectivity index (χ2n) is 4.86. The zero-order valence-corrected chi connectivity index (χ0v) is 8.55. The molecule has 12 heavy (non-hydrogen) atoms. The maximum Gasteiger partial charge on any atom is 0.0553 e. The van der Waals surface area contributed by atoms with Crippen LogP contribution in [0, 0.1) is 10.8 Å². The molecule has 72 valence electrons. The van der Waals surface area contributed by atoms with Crippen molar-refractivity contribution in [3.8, 4) is 0 Å². The normalized spacial score (nSPS) is 32.5. The van der Waals surface area contributed by atoms with E-state index in [1.54, 1.807) is 0 Å². The molecule has 0 saturated heterocycles. The number of aliphatic hydroxyl groups is 1. The number of ether oxygens (including phenoxy) is 1. The molecule has 1 atom stereocenters. The quantitative estimate of drug-likeness (QED) is 0.701. The molecule has 0 heterocycles. The topological polar surface area (TPSA) is 29.5 Å². The van der Waals surface area contributed by atoms with E-state index in [-0.39, 0.29) is 23.5 Å². The van der Waals surface area contributed by atoms with Gasteiger partial charge in [-0.2, -0.15) is 0 Å². The van der Waals surface area contributed by atoms with Gasteiger partial charge in [-0.15, -0.1) is 0 Å². The Morgan fingerprint density at radius 2 is 1.92 bits per heavy atom. The highest BCUT2D eigenvalue weighted by Crippen LogP contribution is 2.63. The number of rotatable bonds is 4. The second kappa shape index (κ2) is 3.00. The summed E-state index contributed by atoms with van der Waals surface area (Å²) in [4.78, 5) is 0. The molecular formula is C10H20O2. The van der Waals surface area contributed by atoms with Gasteiger partial charge in [0.15, 0.2) is 0 Å². The third kappa shape index (κ3) is 1.64. The molecule has 1 N–H and O–H groups in total. The molecule has 0 aromatic carbocycles. The monoisotopic (exact) mass is 172 g/mol. The molecule has 0 aromatic heterocycles. The zero-order valence-electron chi connectivity index (χ0n) is 8.55. The number of hydrogen-bond acceptors (Lipinski definition) is 2. The van der Waals surface area contributed by atoms with E-state index in [1.165, 1.54) is 0 Å². The minimum Gasteiger partial charge on any atom is -0.396 e. The smallest absolute Gasteiger partial charge is 0.0553 e. The van der Waals surface area contributed by atoms with E-state index in [0.717, 1.165) is 6.42 Å². The summed E-state index contributed by atoms with van der Waals surface area (Å²) in [7, 11) is 0. The van der Waals surface area contributed by atoms with Crippen LogP contribution in [0.25, 0.3) is 0 Å². The minimum atomic E-state index is 0.0528. The van der Waals surface area contributed by atoms with Crippen molar-refractivity contribution in [3.63, 3.8) is 0 Å². The molecule has 0 aliphatic heterocycles. The van der Waals surface area contributed by atoms with Crippen LogP contribution in [0.15, 0.2) is 0 Å². The van der Waals surface area contributed by atoms with Crippen LogP contribution in [0.1, 0.15) is 34.1 Å². The van der Waals surface area contributed by atoms with Crippen molar-refractivity contribution in [1.82, 2.24) is 0 Å². The summed E-state index contributed by atoms with van der Waals surface area (Å²) in [5.74, 6) is 0. The van der Waals surface area contributed by atoms with E-state index in [9.17, 15) is 5.11 Å². The van der Waals surface area contributed by atoms with Crippen molar-refractivity contribution in [3.05, 3.63) is 0 Å². The lowest BCUT2D eigenvalue weighted by atomic mass is 9.98. The molecule has 1 aliphatic rings. The van der Waals surface area contributed by atoms with E-state index in [1.807, 2.05) is 13.8 Å². The van der Waals surface area contributed by atoms with Gasteiger partial charge in [0.25, 0.3) is 0 Å². The molecule has 0 radical (unpaired) electrons. The Kier molecular flexibility index (Phi) is 2.50. The van der Waals surface area contributed by atoms with Crippen LogP contribution in [-0.4, -0.2) is 24.4 Å². The van der Waals surface area contributed by atoms with Crippen LogP contribution in [0.5, 0.6) is 0 Å². The molecular weight excluding hydrogens is 152 g/mol. The molecule has 1 unspecified atom stereocenters. The molecule has 0 bridgehead atoms. The maximum atomic E-state index is 9.23. The van der Waals surface area contributed by atoms with Gasteiger partial charge in [-0.05, 0) is 25.7 Å². The summed E-state index contributed by atoms with van der Waals surface area (Å²) >= 11 is 0. The van der Waals surface area contributed by atoms with Crippen LogP contribution in [0.4, 0.5) is 0 Å². The Hall–Kier alpha value is -0.0800. The lowest BCUT2D eigenvalue weighted by Gasteiger charge is -2.19. The standard InChI is InChI=1S/C10H20O2/c1-8(2)12-7-10(6-11)5-9(10,3)4/h8,11H,5-7H2,1-4H3. The van der Waals surface area contributed by atoms with Crippen LogP contribution < -0.4 is 0 Å². The first kappa shape index (κ1) is 10.0. The lowest BCUT2D eigenvalue weighted by Crippen LogP contribution is -2.23. The largest absolute Gasteiger partial charge is 0.396 e. The molecule has 0 amide bonds. The molecule has 0 aromatic rings. The summed E-state index contributed by atoms with van der Waals surface area (Å²) in [5.41, 5.74) is 0.327. The van der Waals surface area contributed by atoms with Gasteiger partial charge in [0.2, 0.25) is 0 Å². The van der Waals surface area contributed by atoms with Crippen molar-refractivity contribution >= 4 is 0 Å². The van der Waals surface area contributed by atoms with Gasteiger partial charge in [-0.3, -0.25) is 0 Å². The summed E-state index contributed by atoms with van der Waals surface area (Å²) in [6.07, 6.45) is 1.35. The van der Waals surface area contributed by atoms with Crippen molar-refractivity contribution in [2.45, 2.75) is 40.2 Å². The molecule has 1 saturated carbocycles. The van der Waals surface area contributed by atoms with Crippen molar-refractivity contribution in [1.29, 1.82) is 0 Å². The van der Waals surface area contributed by atoms with Gasteiger partial charge < -0.3 is 9.84 Å². The van der Waals surface area contributed by atoms with E-state index < -0.39 is 0 Å². The SMILES string of the molecule is CC(C)OCC1(CO)CC1(C)C. The maximum absolute atomic E-state index is 9.23. The van der Waals surface area contributed by atoms with E-state index >= 15 is 0 Å². The predicted octanol–water partition coefficient (Wildman–Crippen LogP) is 1.82. The Morgan fingerprint density at radius 1 is 1.42 bits per heavy atom. The Balaban J connectivity index is 2.40. The summed E-state index contributed by atoms with van der Waals surface area (Å²) < 4.78 is 5.54. The third-order valence-corrected chi connectivity index (χ3v) is 3.09. The molecule has 0 spiro atoms. The first-order valence-electron chi connectivity index (χ1n) is 4.66. The van der Waals surface area contributed by atoms with Crippen LogP contribution in [0.2, 0.25) is 0 Å². The average Bonchev–Trinajstić information content (AvgIpc) is 2.51. The Morgan fingerprint density at radius 3 is 2.17 bits per heavy atom. The van der Waals surface area contributed by atoms with Gasteiger partial charge in [0.1, 0.15) is 0 Å². The average molecular weight is 172 g/mol. The molecule has 2 heteroatoms. The lowest BCUT2D eigenvalue weighted by molar-refractivity contribution is 0.0112. The predicted molar refractivity (Wildman–Crippen MR) is 49.0 cm³/mol. The van der Waals surface area contributed by atoms with Crippen LogP contribution >= 0.6 is 0 Å². The first-order chi connectivity index (χ1) is 5.43. The first-order valence-corrected chi connectivity index (χ1v) is 4.66. The zero-order chi connectivity index (χ0) is 9.41. The Labute approximate surface area is 74.9 Å². The van der Waals surface area contributed by atoms with E-state index in [0.29, 0.717) is 6.61 Å². The van der Waals surface area contributed by atoms with E-state index in [4.69, 9.17) is 4.74 Å². The van der Waals surface area contributed by atoms with Crippen molar-refractivity contribution < 1.29 is 9.84 Å². The highest BCUT2D eigenvalue weighted by atomic mass is 16.5. The van der Waals surface area contributed by atoms with Crippen molar-refractivity contribution in [2.75, 3.05) is 13.2 Å². The fourth-order valence-electron chi connectivity index (χ4n) is 1.69. The third-order valence-electron chi connectivity index (χ3n) is 3.09. The van der Waals surface area contributed by atoms with Crippen molar-refractivity contribution in [2.24, 2.45) is 10.8 Å². The second-order valence-corrected chi connectivity index (χ2v) is 4.86. The fraction of sp³-hybridized carbons (Fsp3) is 1.00. The van der Waals surface area contributed by atoms with Gasteiger partial charge in [0.05, 0.1) is 19.3 Å². The van der Waals surface area contributed by atoms with Gasteiger partial charge >= 0.3 is 0 Å². The summed E-state index contributed by atoms with van der Waals surface area (Å²) in [6.45, 7) is 9.39. The fourth-order valence-corrected chi connectivity index (χ4v) is 1.69. The van der Waals surface area contributed by atoms with E-state index in [2.05, 4.69) is 13.8 Å². The van der Waals surface area contributed by atoms with Gasteiger partial charge in [-0.1, -0.05) is 13.8 Å². The number of hydrogen-bond donors (Lipinski definition) is 1. The van der Waals surface area contributed by atoms with Gasteiger partial charge in [-0.25, -0.2) is 0 Å². The highest BCUT2D eigenvalue weighted by molar-refractivity contribution is 5.09. The molecule has 1 fully saturated rings. The molecule has 2 nitrogen and oxygen atoms in total. The van der Waals surface area contributed by atoms with Gasteiger partial charge in [0, 0.05) is 5.41 Å². The van der Waals surface area contributed by atoms with Crippen LogP contribution in [-0.2, 0) is 4.74 Å². The molecule has 1 rings (SSSR count). The molecule has 1 aliphatic carbocycles. The van der Waals surface area contributed by atoms with Crippen LogP contribution in [0.3, 0.4) is 0 Å². The highest BCUT2D eigenvalue weighted by Gasteiger charge is 2.60. The number of aliphatic hydroxyl groups excluding tert-OH is 1. The Bertz CT molecular complexity index is 163. The summed E-state index contributed by atoms with van der Waals surface area (Å²) in [5, 5.41) is 9.23. The summed E-state index contributed by atoms with van der Waals surface area (Å²) in [6, 6.07) is 0.